The largest absolute Gasteiger partial charge is 0.493 e. The standard InChI is InChI=1S/C56H65N7O10S2/c1-56(2,75-74-21-14-53(64)60-57)35-61(15-16-70-19-20-71-18-17-67-3)40-23-36(33-72-51-29-45-43(27-49(51)68-4)54(65)62-41(31-58-45)25-38-10-6-8-12-47(38)62)22-37(24-40)34-73-52-30-46-44(28-50(52)69-5)55(66)63-42(32-59-46)26-39-11-7-9-13-48(39)63/h6-13,22-24,27-31,41-42,59H,14-21,25-26,32-35,57H2,1-5H3,(H,60,64)/t41-,42-/m0/s1. The number of ether oxygens (including phenoxy) is 7. The van der Waals surface area contributed by atoms with Crippen LogP contribution in [0.1, 0.15) is 63.2 Å². The number of methoxy groups -OCH3 is 3. The second-order valence-corrected chi connectivity index (χ2v) is 22.3. The highest BCUT2D eigenvalue weighted by Gasteiger charge is 2.39. The van der Waals surface area contributed by atoms with Crippen LogP contribution in [0.4, 0.5) is 28.4 Å². The van der Waals surface area contributed by atoms with Crippen LogP contribution >= 0.6 is 21.6 Å². The molecule has 75 heavy (non-hydrogen) atoms. The number of rotatable bonds is 25. The fourth-order valence-corrected chi connectivity index (χ4v) is 12.3. The zero-order valence-electron chi connectivity index (χ0n) is 43.1. The van der Waals surface area contributed by atoms with Crippen molar-refractivity contribution in [2.45, 2.75) is 63.2 Å². The Balaban J connectivity index is 1.00. The van der Waals surface area contributed by atoms with Crippen molar-refractivity contribution in [1.29, 1.82) is 0 Å². The number of benzene rings is 5. The van der Waals surface area contributed by atoms with Crippen molar-refractivity contribution in [2.75, 3.05) is 99.8 Å². The smallest absolute Gasteiger partial charge is 0.261 e. The van der Waals surface area contributed by atoms with E-state index in [-0.39, 0.29) is 47.8 Å². The summed E-state index contributed by atoms with van der Waals surface area (Å²) in [5.74, 6) is 7.24. The van der Waals surface area contributed by atoms with Crippen molar-refractivity contribution in [2.24, 2.45) is 10.8 Å². The van der Waals surface area contributed by atoms with Gasteiger partial charge in [-0.25, -0.2) is 5.84 Å². The third kappa shape index (κ3) is 12.5. The van der Waals surface area contributed by atoms with Gasteiger partial charge >= 0.3 is 0 Å². The van der Waals surface area contributed by atoms with Crippen LogP contribution in [0.15, 0.2) is 96.0 Å². The zero-order chi connectivity index (χ0) is 52.5. The Kier molecular flexibility index (Phi) is 17.4. The van der Waals surface area contributed by atoms with Gasteiger partial charge in [-0.2, -0.15) is 0 Å². The molecule has 5 aromatic rings. The third-order valence-electron chi connectivity index (χ3n) is 13.4. The number of nitrogens with zero attached hydrogens (tertiary/aromatic N) is 4. The van der Waals surface area contributed by atoms with Gasteiger partial charge in [-0.15, -0.1) is 0 Å². The molecule has 0 unspecified atom stereocenters. The van der Waals surface area contributed by atoms with E-state index in [2.05, 4.69) is 47.7 Å². The number of hydrogen-bond acceptors (Lipinski definition) is 16. The minimum atomic E-state index is -0.294. The first kappa shape index (κ1) is 53.3. The summed E-state index contributed by atoms with van der Waals surface area (Å²) in [7, 11) is 8.10. The first-order valence-electron chi connectivity index (χ1n) is 25.1. The van der Waals surface area contributed by atoms with Crippen molar-refractivity contribution >= 4 is 74.0 Å². The normalized spacial score (nSPS) is 16.1. The first-order chi connectivity index (χ1) is 36.5. The molecule has 19 heteroatoms. The van der Waals surface area contributed by atoms with E-state index in [9.17, 15) is 14.4 Å². The molecule has 0 aliphatic carbocycles. The van der Waals surface area contributed by atoms with Crippen LogP contribution in [-0.2, 0) is 45.1 Å². The Morgan fingerprint density at radius 1 is 0.773 bits per heavy atom. The summed E-state index contributed by atoms with van der Waals surface area (Å²) in [6.45, 7) is 8.62. The molecule has 9 rings (SSSR count). The number of hydrogen-bond donors (Lipinski definition) is 3. The number of anilines is 4. The molecule has 4 heterocycles. The summed E-state index contributed by atoms with van der Waals surface area (Å²) in [6, 6.07) is 29.1. The first-order valence-corrected chi connectivity index (χ1v) is 27.4. The Labute approximate surface area is 446 Å². The molecule has 0 radical (unpaired) electrons. The Morgan fingerprint density at radius 3 is 2.09 bits per heavy atom. The molecule has 0 saturated carbocycles. The Hall–Kier alpha value is -6.48. The molecule has 4 aliphatic heterocycles. The number of fused-ring (bicyclic) bond motifs is 8. The van der Waals surface area contributed by atoms with Crippen molar-refractivity contribution in [3.8, 4) is 23.0 Å². The highest BCUT2D eigenvalue weighted by atomic mass is 33.1. The summed E-state index contributed by atoms with van der Waals surface area (Å²) in [5, 5.41) is 3.54. The monoisotopic (exact) mass is 1060 g/mol. The van der Waals surface area contributed by atoms with Gasteiger partial charge in [0.05, 0.1) is 81.8 Å². The van der Waals surface area contributed by atoms with E-state index in [1.54, 1.807) is 61.1 Å². The van der Waals surface area contributed by atoms with Gasteiger partial charge in [-0.1, -0.05) is 58.0 Å². The Bertz CT molecular complexity index is 2900. The molecule has 0 saturated heterocycles. The average molecular weight is 1060 g/mol. The van der Waals surface area contributed by atoms with E-state index in [1.165, 1.54) is 0 Å². The zero-order valence-corrected chi connectivity index (χ0v) is 44.7. The molecule has 0 fully saturated rings. The van der Waals surface area contributed by atoms with Crippen LogP contribution in [-0.4, -0.2) is 121 Å². The molecule has 396 valence electrons. The lowest BCUT2D eigenvalue weighted by Crippen LogP contribution is -2.39. The number of para-hydroxylation sites is 2. The van der Waals surface area contributed by atoms with Gasteiger partial charge in [-0.3, -0.25) is 29.7 Å². The van der Waals surface area contributed by atoms with Crippen molar-refractivity contribution < 1.29 is 47.5 Å². The lowest BCUT2D eigenvalue weighted by atomic mass is 10.1. The molecule has 17 nitrogen and oxygen atoms in total. The molecule has 0 aromatic heterocycles. The predicted molar refractivity (Wildman–Crippen MR) is 296 cm³/mol. The van der Waals surface area contributed by atoms with Crippen LogP contribution in [0.5, 0.6) is 23.0 Å². The van der Waals surface area contributed by atoms with E-state index in [0.717, 1.165) is 45.7 Å². The molecule has 0 spiro atoms. The Morgan fingerprint density at radius 2 is 1.40 bits per heavy atom. The lowest BCUT2D eigenvalue weighted by Gasteiger charge is -2.34. The number of amides is 3. The maximum atomic E-state index is 14.2. The van der Waals surface area contributed by atoms with E-state index < -0.39 is 0 Å². The fourth-order valence-electron chi connectivity index (χ4n) is 9.85. The van der Waals surface area contributed by atoms with Gasteiger partial charge in [0.2, 0.25) is 5.91 Å². The molecule has 4 N–H and O–H groups in total. The van der Waals surface area contributed by atoms with Crippen LogP contribution in [0.2, 0.25) is 0 Å². The number of hydrazine groups is 1. The van der Waals surface area contributed by atoms with Gasteiger partial charge in [0, 0.05) is 85.5 Å². The van der Waals surface area contributed by atoms with Crippen molar-refractivity contribution in [1.82, 2.24) is 5.43 Å². The van der Waals surface area contributed by atoms with Gasteiger partial charge in [-0.05, 0) is 85.0 Å². The van der Waals surface area contributed by atoms with Crippen LogP contribution in [0, 0.1) is 0 Å². The summed E-state index contributed by atoms with van der Waals surface area (Å²) < 4.78 is 41.7. The SMILES string of the molecule is COCCOCCOCCN(CC(C)(C)SSCCC(=O)NN)c1cc(COc2cc3c(cc2OC)C(=O)N2c4ccccc4C[C@H]2C=N3)cc(COc2cc3c(cc2OC)C(=O)N2c4ccccc4C[C@H]2CN3)c1. The highest BCUT2D eigenvalue weighted by Crippen LogP contribution is 2.44. The second-order valence-electron chi connectivity index (χ2n) is 19.2. The van der Waals surface area contributed by atoms with E-state index in [0.29, 0.717) is 117 Å². The molecule has 3 amide bonds. The van der Waals surface area contributed by atoms with Gasteiger partial charge in [0.1, 0.15) is 13.2 Å². The summed E-state index contributed by atoms with van der Waals surface area (Å²) >= 11 is 0. The quantitative estimate of drug-likeness (QED) is 0.0167. The number of carbonyl (C=O) groups excluding carboxylic acids is 3. The van der Waals surface area contributed by atoms with E-state index in [1.807, 2.05) is 70.6 Å². The topological polar surface area (TPSA) is 188 Å². The maximum Gasteiger partial charge on any atom is 0.261 e. The predicted octanol–water partition coefficient (Wildman–Crippen LogP) is 8.17. The van der Waals surface area contributed by atoms with Crippen LogP contribution < -0.4 is 50.2 Å². The summed E-state index contributed by atoms with van der Waals surface area (Å²) in [6.07, 6.45) is 3.59. The molecule has 0 bridgehead atoms. The highest BCUT2D eigenvalue weighted by molar-refractivity contribution is 8.77. The van der Waals surface area contributed by atoms with Gasteiger partial charge < -0.3 is 48.3 Å². The van der Waals surface area contributed by atoms with Gasteiger partial charge in [0.25, 0.3) is 11.8 Å². The molecular formula is C56H65N7O10S2. The fraction of sp³-hybridized carbons (Fsp3) is 0.393. The molecule has 5 aromatic carbocycles. The molecule has 2 atom stereocenters. The summed E-state index contributed by atoms with van der Waals surface area (Å²) in [4.78, 5) is 51.2. The van der Waals surface area contributed by atoms with E-state index >= 15 is 0 Å². The third-order valence-corrected chi connectivity index (χ3v) is 16.7. The van der Waals surface area contributed by atoms with Crippen LogP contribution in [0.25, 0.3) is 0 Å². The van der Waals surface area contributed by atoms with Crippen LogP contribution in [0.3, 0.4) is 0 Å². The van der Waals surface area contributed by atoms with Crippen molar-refractivity contribution in [3.05, 3.63) is 124 Å². The van der Waals surface area contributed by atoms with Gasteiger partial charge in [0.15, 0.2) is 23.0 Å². The molecule has 4 aliphatic rings. The number of carbonyl (C=O) groups is 3. The van der Waals surface area contributed by atoms with Crippen molar-refractivity contribution in [3.63, 3.8) is 0 Å². The lowest BCUT2D eigenvalue weighted by molar-refractivity contribution is -0.120. The number of nitrogens with one attached hydrogen (secondary N) is 2. The molecular weight excluding hydrogens is 995 g/mol. The van der Waals surface area contributed by atoms with E-state index in [4.69, 9.17) is 44.0 Å². The average Bonchev–Trinajstić information content (AvgIpc) is 3.92. The summed E-state index contributed by atoms with van der Waals surface area (Å²) in [5.41, 5.74) is 11.0. The second kappa shape index (κ2) is 24.5. The number of aliphatic imine (C=N–C) groups is 1. The minimum absolute atomic E-state index is 0.0277. The minimum Gasteiger partial charge on any atom is -0.493 e. The number of nitrogens with two attached hydrogens (primary N) is 1. The maximum absolute atomic E-state index is 14.2.